The molecule has 1 N–H and O–H groups in total. The van der Waals surface area contributed by atoms with Crippen molar-refractivity contribution in [1.82, 2.24) is 0 Å². The van der Waals surface area contributed by atoms with E-state index in [4.69, 9.17) is 25.5 Å². The Kier molecular flexibility index (Phi) is 6.11. The van der Waals surface area contributed by atoms with E-state index >= 15 is 0 Å². The number of para-hydroxylation sites is 1. The minimum absolute atomic E-state index is 0.0419. The summed E-state index contributed by atoms with van der Waals surface area (Å²) in [5.74, 6) is -1.16. The maximum absolute atomic E-state index is 12.4. The normalized spacial score (nSPS) is 10.7. The third kappa shape index (κ3) is 4.67. The SMILES string of the molecule is CCOCc1c(C(=O)OCC(=O)Nc2cccc(Cl)c2)oc2ccccc12. The van der Waals surface area contributed by atoms with Crippen molar-refractivity contribution >= 4 is 40.1 Å². The van der Waals surface area contributed by atoms with E-state index in [-0.39, 0.29) is 12.4 Å². The molecule has 1 aromatic heterocycles. The van der Waals surface area contributed by atoms with Gasteiger partial charge in [-0.3, -0.25) is 4.79 Å². The molecule has 0 radical (unpaired) electrons. The number of hydrogen-bond donors (Lipinski definition) is 1. The standard InChI is InChI=1S/C20H18ClNO5/c1-2-25-11-16-15-8-3-4-9-17(15)27-19(16)20(24)26-12-18(23)22-14-7-5-6-13(21)10-14/h3-10H,2,11-12H2,1H3,(H,22,23). The first-order valence-corrected chi connectivity index (χ1v) is 8.77. The molecule has 0 unspecified atom stereocenters. The Morgan fingerprint density at radius 1 is 1.15 bits per heavy atom. The van der Waals surface area contributed by atoms with E-state index in [1.54, 1.807) is 30.3 Å². The van der Waals surface area contributed by atoms with Gasteiger partial charge in [-0.1, -0.05) is 35.9 Å². The third-order valence-corrected chi connectivity index (χ3v) is 4.01. The summed E-state index contributed by atoms with van der Waals surface area (Å²) in [5, 5.41) is 3.88. The van der Waals surface area contributed by atoms with Crippen molar-refractivity contribution in [3.05, 3.63) is 64.9 Å². The van der Waals surface area contributed by atoms with Gasteiger partial charge in [0.2, 0.25) is 5.76 Å². The number of rotatable bonds is 7. The quantitative estimate of drug-likeness (QED) is 0.607. The summed E-state index contributed by atoms with van der Waals surface area (Å²) in [6.07, 6.45) is 0. The van der Waals surface area contributed by atoms with Crippen molar-refractivity contribution in [3.8, 4) is 0 Å². The van der Waals surface area contributed by atoms with Gasteiger partial charge < -0.3 is 19.2 Å². The molecule has 27 heavy (non-hydrogen) atoms. The van der Waals surface area contributed by atoms with Gasteiger partial charge in [0.25, 0.3) is 5.91 Å². The topological polar surface area (TPSA) is 77.8 Å². The lowest BCUT2D eigenvalue weighted by Crippen LogP contribution is -2.21. The number of carbonyl (C=O) groups is 2. The van der Waals surface area contributed by atoms with Crippen molar-refractivity contribution in [2.45, 2.75) is 13.5 Å². The van der Waals surface area contributed by atoms with E-state index < -0.39 is 18.5 Å². The van der Waals surface area contributed by atoms with Gasteiger partial charge in [0, 0.05) is 28.3 Å². The van der Waals surface area contributed by atoms with Crippen LogP contribution in [0.1, 0.15) is 23.0 Å². The van der Waals surface area contributed by atoms with E-state index in [2.05, 4.69) is 5.32 Å². The summed E-state index contributed by atoms with van der Waals surface area (Å²) in [6.45, 7) is 2.12. The van der Waals surface area contributed by atoms with E-state index in [9.17, 15) is 9.59 Å². The fourth-order valence-electron chi connectivity index (χ4n) is 2.57. The molecule has 0 spiro atoms. The summed E-state index contributed by atoms with van der Waals surface area (Å²) >= 11 is 5.87. The van der Waals surface area contributed by atoms with E-state index in [1.807, 2.05) is 25.1 Å². The second kappa shape index (κ2) is 8.70. The number of hydrogen-bond acceptors (Lipinski definition) is 5. The highest BCUT2D eigenvalue weighted by Crippen LogP contribution is 2.27. The fraction of sp³-hybridized carbons (Fsp3) is 0.200. The first-order valence-electron chi connectivity index (χ1n) is 8.39. The number of nitrogens with one attached hydrogen (secondary N) is 1. The number of furan rings is 1. The molecule has 0 saturated carbocycles. The molecular formula is C20H18ClNO5. The molecule has 0 atom stereocenters. The van der Waals surface area contributed by atoms with Gasteiger partial charge in [0.15, 0.2) is 6.61 Å². The van der Waals surface area contributed by atoms with Crippen LogP contribution < -0.4 is 5.32 Å². The Balaban J connectivity index is 1.69. The first kappa shape index (κ1) is 18.9. The third-order valence-electron chi connectivity index (χ3n) is 3.78. The molecule has 140 valence electrons. The second-order valence-corrected chi connectivity index (χ2v) is 6.11. The lowest BCUT2D eigenvalue weighted by molar-refractivity contribution is -0.119. The van der Waals surface area contributed by atoms with Crippen LogP contribution in [-0.2, 0) is 20.9 Å². The van der Waals surface area contributed by atoms with E-state index in [0.29, 0.717) is 28.5 Å². The van der Waals surface area contributed by atoms with Crippen LogP contribution in [0.25, 0.3) is 11.0 Å². The van der Waals surface area contributed by atoms with Crippen LogP contribution in [0.5, 0.6) is 0 Å². The van der Waals surface area contributed by atoms with Gasteiger partial charge in [-0.05, 0) is 31.2 Å². The Bertz CT molecular complexity index is 966. The van der Waals surface area contributed by atoms with Gasteiger partial charge in [-0.2, -0.15) is 0 Å². The van der Waals surface area contributed by atoms with Crippen LogP contribution in [-0.4, -0.2) is 25.1 Å². The highest BCUT2D eigenvalue weighted by atomic mass is 35.5. The van der Waals surface area contributed by atoms with Crippen molar-refractivity contribution < 1.29 is 23.5 Å². The van der Waals surface area contributed by atoms with Crippen molar-refractivity contribution in [2.75, 3.05) is 18.5 Å². The van der Waals surface area contributed by atoms with Gasteiger partial charge in [-0.25, -0.2) is 4.79 Å². The monoisotopic (exact) mass is 387 g/mol. The number of anilines is 1. The summed E-state index contributed by atoms with van der Waals surface area (Å²) in [6, 6.07) is 13.9. The number of carbonyl (C=O) groups excluding carboxylic acids is 2. The maximum atomic E-state index is 12.4. The summed E-state index contributed by atoms with van der Waals surface area (Å²) in [7, 11) is 0. The van der Waals surface area contributed by atoms with Crippen LogP contribution in [0, 0.1) is 0 Å². The molecule has 0 bridgehead atoms. The maximum Gasteiger partial charge on any atom is 0.375 e. The minimum Gasteiger partial charge on any atom is -0.450 e. The average Bonchev–Trinajstić information content (AvgIpc) is 3.03. The molecule has 0 saturated heterocycles. The van der Waals surface area contributed by atoms with Gasteiger partial charge in [0.05, 0.1) is 6.61 Å². The molecule has 0 fully saturated rings. The average molecular weight is 388 g/mol. The smallest absolute Gasteiger partial charge is 0.375 e. The van der Waals surface area contributed by atoms with E-state index in [1.165, 1.54) is 0 Å². The molecule has 2 aromatic carbocycles. The number of halogens is 1. The largest absolute Gasteiger partial charge is 0.450 e. The predicted molar refractivity (Wildman–Crippen MR) is 102 cm³/mol. The molecular weight excluding hydrogens is 370 g/mol. The van der Waals surface area contributed by atoms with Crippen LogP contribution in [0.4, 0.5) is 5.69 Å². The molecule has 0 aliphatic carbocycles. The molecule has 0 aliphatic heterocycles. The number of amides is 1. The minimum atomic E-state index is -0.720. The van der Waals surface area contributed by atoms with Crippen LogP contribution in [0.2, 0.25) is 5.02 Å². The lowest BCUT2D eigenvalue weighted by atomic mass is 10.1. The van der Waals surface area contributed by atoms with Crippen molar-refractivity contribution in [1.29, 1.82) is 0 Å². The van der Waals surface area contributed by atoms with Gasteiger partial charge in [0.1, 0.15) is 5.58 Å². The Labute approximate surface area is 161 Å². The zero-order valence-corrected chi connectivity index (χ0v) is 15.4. The van der Waals surface area contributed by atoms with Crippen molar-refractivity contribution in [2.24, 2.45) is 0 Å². The van der Waals surface area contributed by atoms with Gasteiger partial charge >= 0.3 is 5.97 Å². The zero-order valence-electron chi connectivity index (χ0n) is 14.7. The molecule has 3 aromatic rings. The van der Waals surface area contributed by atoms with Gasteiger partial charge in [-0.15, -0.1) is 0 Å². The molecule has 3 rings (SSSR count). The highest BCUT2D eigenvalue weighted by molar-refractivity contribution is 6.30. The van der Waals surface area contributed by atoms with E-state index in [0.717, 1.165) is 5.39 Å². The van der Waals surface area contributed by atoms with Crippen LogP contribution >= 0.6 is 11.6 Å². The Morgan fingerprint density at radius 2 is 1.96 bits per heavy atom. The van der Waals surface area contributed by atoms with Crippen LogP contribution in [0.3, 0.4) is 0 Å². The van der Waals surface area contributed by atoms with Crippen molar-refractivity contribution in [3.63, 3.8) is 0 Å². The number of esters is 1. The second-order valence-electron chi connectivity index (χ2n) is 5.68. The zero-order chi connectivity index (χ0) is 19.2. The number of ether oxygens (including phenoxy) is 2. The molecule has 0 aliphatic rings. The fourth-order valence-corrected chi connectivity index (χ4v) is 2.76. The lowest BCUT2D eigenvalue weighted by Gasteiger charge is -2.07. The summed E-state index contributed by atoms with van der Waals surface area (Å²) in [5.41, 5.74) is 1.68. The van der Waals surface area contributed by atoms with Crippen LogP contribution in [0.15, 0.2) is 52.9 Å². The summed E-state index contributed by atoms with van der Waals surface area (Å²) in [4.78, 5) is 24.4. The highest BCUT2D eigenvalue weighted by Gasteiger charge is 2.22. The Morgan fingerprint density at radius 3 is 2.74 bits per heavy atom. The molecule has 1 amide bonds. The molecule has 7 heteroatoms. The molecule has 1 heterocycles. The molecule has 6 nitrogen and oxygen atoms in total. The summed E-state index contributed by atoms with van der Waals surface area (Å²) < 4.78 is 16.2. The predicted octanol–water partition coefficient (Wildman–Crippen LogP) is 4.42. The number of benzene rings is 2. The number of fused-ring (bicyclic) bond motifs is 1. The first-order chi connectivity index (χ1) is 13.1. The Hall–Kier alpha value is -2.83.